The number of hydrogen-bond donors (Lipinski definition) is 1. The molecule has 0 spiro atoms. The molecular formula is C17H19ClN2O3S2. The van der Waals surface area contributed by atoms with Gasteiger partial charge in [-0.2, -0.15) is 0 Å². The number of carbonyl (C=O) groups excluding carboxylic acids is 1. The van der Waals surface area contributed by atoms with Gasteiger partial charge in [0.15, 0.2) is 0 Å². The average Bonchev–Trinajstić information content (AvgIpc) is 3.23. The molecule has 0 aliphatic heterocycles. The van der Waals surface area contributed by atoms with Crippen LogP contribution in [0.2, 0.25) is 5.02 Å². The minimum Gasteiger partial charge on any atom is -0.334 e. The van der Waals surface area contributed by atoms with E-state index in [0.717, 1.165) is 17.7 Å². The first-order chi connectivity index (χ1) is 11.9. The molecule has 0 atom stereocenters. The molecule has 1 aliphatic rings. The van der Waals surface area contributed by atoms with Gasteiger partial charge in [-0.3, -0.25) is 4.79 Å². The molecular weight excluding hydrogens is 380 g/mol. The number of sulfonamides is 1. The Hall–Kier alpha value is -1.41. The maximum atomic E-state index is 12.8. The highest BCUT2D eigenvalue weighted by molar-refractivity contribution is 7.89. The summed E-state index contributed by atoms with van der Waals surface area (Å²) in [5, 5.41) is 2.08. The SMILES string of the molecule is CCN(Cc1cccs1)C(=O)c1ccc(Cl)c(S(=O)(=O)NC2CC2)c1. The first-order valence-corrected chi connectivity index (χ1v) is 10.8. The second-order valence-electron chi connectivity index (χ2n) is 5.94. The summed E-state index contributed by atoms with van der Waals surface area (Å²) in [5.74, 6) is -0.213. The third-order valence-electron chi connectivity index (χ3n) is 3.96. The van der Waals surface area contributed by atoms with Crippen LogP contribution < -0.4 is 4.72 Å². The Bertz CT molecular complexity index is 862. The lowest BCUT2D eigenvalue weighted by Crippen LogP contribution is -2.30. The predicted molar refractivity (Wildman–Crippen MR) is 99.5 cm³/mol. The number of hydrogen-bond acceptors (Lipinski definition) is 4. The van der Waals surface area contributed by atoms with Crippen LogP contribution in [0.3, 0.4) is 0 Å². The minimum atomic E-state index is -3.72. The predicted octanol–water partition coefficient (Wildman–Crippen LogP) is 3.50. The van der Waals surface area contributed by atoms with Crippen LogP contribution in [0, 0.1) is 0 Å². The molecule has 2 aromatic rings. The van der Waals surface area contributed by atoms with Gasteiger partial charge in [-0.05, 0) is 49.4 Å². The summed E-state index contributed by atoms with van der Waals surface area (Å²) in [6, 6.07) is 8.29. The Morgan fingerprint density at radius 3 is 2.72 bits per heavy atom. The smallest absolute Gasteiger partial charge is 0.254 e. The van der Waals surface area contributed by atoms with Crippen molar-refractivity contribution in [1.29, 1.82) is 0 Å². The second-order valence-corrected chi connectivity index (χ2v) is 9.06. The van der Waals surface area contributed by atoms with Gasteiger partial charge >= 0.3 is 0 Å². The summed E-state index contributed by atoms with van der Waals surface area (Å²) in [6.07, 6.45) is 1.67. The molecule has 0 unspecified atom stereocenters. The van der Waals surface area contributed by atoms with Crippen molar-refractivity contribution in [3.8, 4) is 0 Å². The fraction of sp³-hybridized carbons (Fsp3) is 0.353. The van der Waals surface area contributed by atoms with Crippen molar-refractivity contribution >= 4 is 38.9 Å². The maximum absolute atomic E-state index is 12.8. The van der Waals surface area contributed by atoms with Crippen molar-refractivity contribution in [2.45, 2.75) is 37.2 Å². The summed E-state index contributed by atoms with van der Waals surface area (Å²) in [6.45, 7) is 2.92. The highest BCUT2D eigenvalue weighted by Crippen LogP contribution is 2.27. The van der Waals surface area contributed by atoms with E-state index in [1.54, 1.807) is 22.3 Å². The minimum absolute atomic E-state index is 0.0219. The quantitative estimate of drug-likeness (QED) is 0.776. The zero-order valence-corrected chi connectivity index (χ0v) is 16.1. The van der Waals surface area contributed by atoms with Crippen molar-refractivity contribution in [3.63, 3.8) is 0 Å². The first-order valence-electron chi connectivity index (χ1n) is 8.04. The molecule has 1 aromatic carbocycles. The van der Waals surface area contributed by atoms with Crippen molar-refractivity contribution in [2.24, 2.45) is 0 Å². The Labute approximate surface area is 156 Å². The molecule has 25 heavy (non-hydrogen) atoms. The fourth-order valence-corrected chi connectivity index (χ4v) is 4.98. The Kier molecular flexibility index (Phi) is 5.48. The van der Waals surface area contributed by atoms with E-state index < -0.39 is 10.0 Å². The van der Waals surface area contributed by atoms with E-state index in [9.17, 15) is 13.2 Å². The molecule has 134 valence electrons. The molecule has 3 rings (SSSR count). The van der Waals surface area contributed by atoms with Crippen LogP contribution in [-0.2, 0) is 16.6 Å². The van der Waals surface area contributed by atoms with Crippen LogP contribution in [0.1, 0.15) is 35.0 Å². The number of nitrogens with zero attached hydrogens (tertiary/aromatic N) is 1. The highest BCUT2D eigenvalue weighted by Gasteiger charge is 2.30. The van der Waals surface area contributed by atoms with Crippen LogP contribution in [0.25, 0.3) is 0 Å². The molecule has 8 heteroatoms. The number of carbonyl (C=O) groups is 1. The molecule has 0 bridgehead atoms. The average molecular weight is 399 g/mol. The Morgan fingerprint density at radius 1 is 1.36 bits per heavy atom. The van der Waals surface area contributed by atoms with Crippen LogP contribution in [0.15, 0.2) is 40.6 Å². The zero-order valence-electron chi connectivity index (χ0n) is 13.7. The first kappa shape index (κ1) is 18.4. The van der Waals surface area contributed by atoms with E-state index in [1.165, 1.54) is 12.1 Å². The Balaban J connectivity index is 1.86. The van der Waals surface area contributed by atoms with E-state index in [-0.39, 0.29) is 21.9 Å². The van der Waals surface area contributed by atoms with Crippen molar-refractivity contribution in [2.75, 3.05) is 6.54 Å². The largest absolute Gasteiger partial charge is 0.334 e. The molecule has 1 aromatic heterocycles. The molecule has 1 heterocycles. The van der Waals surface area contributed by atoms with Gasteiger partial charge in [0.05, 0.1) is 11.6 Å². The molecule has 1 saturated carbocycles. The van der Waals surface area contributed by atoms with Crippen LogP contribution in [0.4, 0.5) is 0 Å². The van der Waals surface area contributed by atoms with Crippen molar-refractivity contribution < 1.29 is 13.2 Å². The summed E-state index contributed by atoms with van der Waals surface area (Å²) >= 11 is 7.66. The van der Waals surface area contributed by atoms with Gasteiger partial charge in [-0.1, -0.05) is 17.7 Å². The standard InChI is InChI=1S/C17H19ClN2O3S2/c1-2-20(11-14-4-3-9-24-14)17(21)12-5-8-15(18)16(10-12)25(22,23)19-13-6-7-13/h3-5,8-10,13,19H,2,6-7,11H2,1H3. The third kappa shape index (κ3) is 4.41. The van der Waals surface area contributed by atoms with E-state index in [1.807, 2.05) is 24.4 Å². The molecule has 1 amide bonds. The van der Waals surface area contributed by atoms with Crippen molar-refractivity contribution in [1.82, 2.24) is 9.62 Å². The monoisotopic (exact) mass is 398 g/mol. The van der Waals surface area contributed by atoms with Gasteiger partial charge in [0.25, 0.3) is 5.91 Å². The number of nitrogens with one attached hydrogen (secondary N) is 1. The molecule has 5 nitrogen and oxygen atoms in total. The van der Waals surface area contributed by atoms with Gasteiger partial charge in [-0.25, -0.2) is 13.1 Å². The lowest BCUT2D eigenvalue weighted by atomic mass is 10.2. The number of benzene rings is 1. The number of thiophene rings is 1. The molecule has 0 saturated heterocycles. The fourth-order valence-electron chi connectivity index (χ4n) is 2.43. The lowest BCUT2D eigenvalue weighted by Gasteiger charge is -2.20. The molecule has 1 fully saturated rings. The van der Waals surface area contributed by atoms with Gasteiger partial charge in [-0.15, -0.1) is 11.3 Å². The highest BCUT2D eigenvalue weighted by atomic mass is 35.5. The van der Waals surface area contributed by atoms with E-state index in [4.69, 9.17) is 11.6 Å². The van der Waals surface area contributed by atoms with Crippen LogP contribution in [-0.4, -0.2) is 31.8 Å². The summed E-state index contributed by atoms with van der Waals surface area (Å²) in [5.41, 5.74) is 0.318. The van der Waals surface area contributed by atoms with E-state index in [2.05, 4.69) is 4.72 Å². The topological polar surface area (TPSA) is 66.5 Å². The van der Waals surface area contributed by atoms with Crippen LogP contribution >= 0.6 is 22.9 Å². The summed E-state index contributed by atoms with van der Waals surface area (Å²) in [4.78, 5) is 15.5. The Morgan fingerprint density at radius 2 is 2.12 bits per heavy atom. The second kappa shape index (κ2) is 7.45. The van der Waals surface area contributed by atoms with Gasteiger partial charge in [0.1, 0.15) is 4.90 Å². The van der Waals surface area contributed by atoms with Gasteiger partial charge in [0.2, 0.25) is 10.0 Å². The number of halogens is 1. The van der Waals surface area contributed by atoms with Gasteiger partial charge in [0, 0.05) is 23.0 Å². The zero-order chi connectivity index (χ0) is 18.0. The van der Waals surface area contributed by atoms with Gasteiger partial charge < -0.3 is 4.90 Å². The molecule has 1 aliphatic carbocycles. The molecule has 1 N–H and O–H groups in total. The summed E-state index contributed by atoms with van der Waals surface area (Å²) in [7, 11) is -3.72. The molecule has 0 radical (unpaired) electrons. The number of rotatable bonds is 7. The maximum Gasteiger partial charge on any atom is 0.254 e. The van der Waals surface area contributed by atoms with Crippen molar-refractivity contribution in [3.05, 3.63) is 51.2 Å². The van der Waals surface area contributed by atoms with Crippen LogP contribution in [0.5, 0.6) is 0 Å². The normalized spacial score (nSPS) is 14.5. The lowest BCUT2D eigenvalue weighted by molar-refractivity contribution is 0.0754. The number of amides is 1. The summed E-state index contributed by atoms with van der Waals surface area (Å²) < 4.78 is 27.5. The third-order valence-corrected chi connectivity index (χ3v) is 6.83. The van der Waals surface area contributed by atoms with E-state index in [0.29, 0.717) is 18.7 Å². The van der Waals surface area contributed by atoms with E-state index >= 15 is 0 Å².